The van der Waals surface area contributed by atoms with Crippen LogP contribution in [0.4, 0.5) is 5.69 Å². The third kappa shape index (κ3) is 4.54. The number of ether oxygens (including phenoxy) is 2. The highest BCUT2D eigenvalue weighted by atomic mass is 32.2. The maximum Gasteiger partial charge on any atom is 0.246 e. The first-order valence-corrected chi connectivity index (χ1v) is 10.9. The molecule has 3 rings (SSSR count). The average molecular weight is 419 g/mol. The highest BCUT2D eigenvalue weighted by Gasteiger charge is 2.35. The van der Waals surface area contributed by atoms with Crippen LogP contribution in [0.5, 0.6) is 11.5 Å². The number of sulfonamides is 1. The summed E-state index contributed by atoms with van der Waals surface area (Å²) in [4.78, 5) is 12.9. The fourth-order valence-electron chi connectivity index (χ4n) is 3.48. The summed E-state index contributed by atoms with van der Waals surface area (Å²) in [5.74, 6) is 0.201. The third-order valence-electron chi connectivity index (χ3n) is 5.06. The molecule has 1 atom stereocenters. The lowest BCUT2D eigenvalue weighted by Gasteiger charge is -2.31. The van der Waals surface area contributed by atoms with Gasteiger partial charge in [0.2, 0.25) is 15.9 Å². The van der Waals surface area contributed by atoms with Gasteiger partial charge in [0, 0.05) is 13.1 Å². The Morgan fingerprint density at radius 2 is 1.83 bits per heavy atom. The second-order valence-corrected chi connectivity index (χ2v) is 8.95. The molecule has 1 fully saturated rings. The number of anilines is 1. The Labute approximate surface area is 171 Å². The van der Waals surface area contributed by atoms with Gasteiger partial charge in [0.05, 0.1) is 25.8 Å². The lowest BCUT2D eigenvalue weighted by Crippen LogP contribution is -2.43. The van der Waals surface area contributed by atoms with Crippen molar-refractivity contribution in [2.75, 3.05) is 32.6 Å². The second kappa shape index (κ2) is 8.84. The molecule has 0 aromatic heterocycles. The summed E-state index contributed by atoms with van der Waals surface area (Å²) in [6.07, 6.45) is 1.23. The average Bonchev–Trinajstić information content (AvgIpc) is 2.74. The van der Waals surface area contributed by atoms with Gasteiger partial charge in [-0.05, 0) is 49.6 Å². The molecular formula is C21H26N2O5S. The number of benzene rings is 2. The first kappa shape index (κ1) is 21.1. The van der Waals surface area contributed by atoms with Crippen molar-refractivity contribution in [2.24, 2.45) is 5.92 Å². The van der Waals surface area contributed by atoms with Gasteiger partial charge in [-0.15, -0.1) is 0 Å². The molecule has 0 bridgehead atoms. The van der Waals surface area contributed by atoms with Gasteiger partial charge in [-0.2, -0.15) is 4.31 Å². The van der Waals surface area contributed by atoms with Crippen LogP contribution in [-0.4, -0.2) is 45.9 Å². The molecule has 1 N–H and O–H groups in total. The number of carbonyl (C=O) groups is 1. The van der Waals surface area contributed by atoms with E-state index >= 15 is 0 Å². The molecule has 7 nitrogen and oxygen atoms in total. The van der Waals surface area contributed by atoms with Gasteiger partial charge < -0.3 is 14.8 Å². The van der Waals surface area contributed by atoms with Crippen LogP contribution in [0, 0.1) is 12.8 Å². The van der Waals surface area contributed by atoms with Gasteiger partial charge in [0.1, 0.15) is 16.4 Å². The molecule has 0 spiro atoms. The minimum absolute atomic E-state index is 0.125. The van der Waals surface area contributed by atoms with E-state index in [0.717, 1.165) is 5.56 Å². The highest BCUT2D eigenvalue weighted by molar-refractivity contribution is 7.89. The van der Waals surface area contributed by atoms with Gasteiger partial charge >= 0.3 is 0 Å². The standard InChI is InChI=1S/C21H26N2O5S/c1-15-10-11-19(28-3)20(13-15)29(25,26)23-12-6-7-16(14-23)21(24)22-17-8-4-5-9-18(17)27-2/h4-5,8-11,13,16H,6-7,12,14H2,1-3H3,(H,22,24)/t16-/m0/s1. The summed E-state index contributed by atoms with van der Waals surface area (Å²) in [5.41, 5.74) is 1.40. The molecule has 1 saturated heterocycles. The number of carbonyl (C=O) groups excluding carboxylic acids is 1. The van der Waals surface area contributed by atoms with Gasteiger partial charge in [-0.3, -0.25) is 4.79 Å². The molecule has 0 unspecified atom stereocenters. The maximum atomic E-state index is 13.2. The zero-order valence-electron chi connectivity index (χ0n) is 16.8. The summed E-state index contributed by atoms with van der Waals surface area (Å²) in [7, 11) is -0.791. The molecule has 1 amide bonds. The molecule has 8 heteroatoms. The molecular weight excluding hydrogens is 392 g/mol. The van der Waals surface area contributed by atoms with Crippen LogP contribution < -0.4 is 14.8 Å². The Bertz CT molecular complexity index is 990. The highest BCUT2D eigenvalue weighted by Crippen LogP contribution is 2.31. The predicted octanol–water partition coefficient (Wildman–Crippen LogP) is 3.05. The molecule has 1 heterocycles. The van der Waals surface area contributed by atoms with Crippen LogP contribution in [0.25, 0.3) is 0 Å². The van der Waals surface area contributed by atoms with E-state index in [1.54, 1.807) is 36.4 Å². The van der Waals surface area contributed by atoms with Crippen LogP contribution >= 0.6 is 0 Å². The van der Waals surface area contributed by atoms with Crippen molar-refractivity contribution in [3.05, 3.63) is 48.0 Å². The maximum absolute atomic E-state index is 13.2. The molecule has 0 saturated carbocycles. The quantitative estimate of drug-likeness (QED) is 0.779. The van der Waals surface area contributed by atoms with Crippen molar-refractivity contribution in [3.8, 4) is 11.5 Å². The Hall–Kier alpha value is -2.58. The molecule has 29 heavy (non-hydrogen) atoms. The fraction of sp³-hybridized carbons (Fsp3) is 0.381. The van der Waals surface area contributed by atoms with Gasteiger partial charge in [0.15, 0.2) is 0 Å². The Morgan fingerprint density at radius 1 is 1.10 bits per heavy atom. The summed E-state index contributed by atoms with van der Waals surface area (Å²) in [6, 6.07) is 12.2. The molecule has 0 aliphatic carbocycles. The van der Waals surface area contributed by atoms with Crippen molar-refractivity contribution in [3.63, 3.8) is 0 Å². The summed E-state index contributed by atoms with van der Waals surface area (Å²) >= 11 is 0. The normalized spacial score (nSPS) is 17.6. The SMILES string of the molecule is COc1ccccc1NC(=O)[C@H]1CCCN(S(=O)(=O)c2cc(C)ccc2OC)C1. The first-order chi connectivity index (χ1) is 13.9. The first-order valence-electron chi connectivity index (χ1n) is 9.45. The lowest BCUT2D eigenvalue weighted by molar-refractivity contribution is -0.120. The number of nitrogens with zero attached hydrogens (tertiary/aromatic N) is 1. The summed E-state index contributed by atoms with van der Waals surface area (Å²) < 4.78 is 38.4. The van der Waals surface area contributed by atoms with E-state index in [1.807, 2.05) is 13.0 Å². The minimum Gasteiger partial charge on any atom is -0.495 e. The van der Waals surface area contributed by atoms with Crippen molar-refractivity contribution >= 4 is 21.6 Å². The molecule has 156 valence electrons. The zero-order chi connectivity index (χ0) is 21.0. The van der Waals surface area contributed by atoms with E-state index in [9.17, 15) is 13.2 Å². The van der Waals surface area contributed by atoms with Crippen molar-refractivity contribution in [2.45, 2.75) is 24.7 Å². The fourth-order valence-corrected chi connectivity index (χ4v) is 5.25. The topological polar surface area (TPSA) is 84.9 Å². The van der Waals surface area contributed by atoms with Gasteiger partial charge in [0.25, 0.3) is 0 Å². The van der Waals surface area contributed by atoms with E-state index in [4.69, 9.17) is 9.47 Å². The monoisotopic (exact) mass is 418 g/mol. The van der Waals surface area contributed by atoms with Crippen molar-refractivity contribution in [1.29, 1.82) is 0 Å². The van der Waals surface area contributed by atoms with E-state index in [1.165, 1.54) is 18.5 Å². The zero-order valence-corrected chi connectivity index (χ0v) is 17.7. The number of methoxy groups -OCH3 is 2. The summed E-state index contributed by atoms with van der Waals surface area (Å²) in [6.45, 7) is 2.33. The molecule has 0 radical (unpaired) electrons. The number of nitrogens with one attached hydrogen (secondary N) is 1. The molecule has 1 aliphatic rings. The number of para-hydroxylation sites is 2. The number of hydrogen-bond donors (Lipinski definition) is 1. The van der Waals surface area contributed by atoms with E-state index in [2.05, 4.69) is 5.32 Å². The molecule has 2 aromatic carbocycles. The van der Waals surface area contributed by atoms with Crippen molar-refractivity contribution < 1.29 is 22.7 Å². The predicted molar refractivity (Wildman–Crippen MR) is 111 cm³/mol. The van der Waals surface area contributed by atoms with Gasteiger partial charge in [-0.1, -0.05) is 18.2 Å². The second-order valence-electron chi connectivity index (χ2n) is 7.05. The van der Waals surface area contributed by atoms with Crippen LogP contribution in [0.3, 0.4) is 0 Å². The largest absolute Gasteiger partial charge is 0.495 e. The molecule has 2 aromatic rings. The van der Waals surface area contributed by atoms with Crippen LogP contribution in [0.15, 0.2) is 47.4 Å². The van der Waals surface area contributed by atoms with Crippen LogP contribution in [0.2, 0.25) is 0 Å². The van der Waals surface area contributed by atoms with Gasteiger partial charge in [-0.25, -0.2) is 8.42 Å². The Kier molecular flexibility index (Phi) is 6.44. The lowest BCUT2D eigenvalue weighted by atomic mass is 9.98. The van der Waals surface area contributed by atoms with E-state index in [0.29, 0.717) is 36.6 Å². The van der Waals surface area contributed by atoms with E-state index < -0.39 is 15.9 Å². The minimum atomic E-state index is -3.78. The number of amides is 1. The molecule has 1 aliphatic heterocycles. The van der Waals surface area contributed by atoms with Crippen LogP contribution in [0.1, 0.15) is 18.4 Å². The number of rotatable bonds is 6. The Morgan fingerprint density at radius 3 is 2.55 bits per heavy atom. The van der Waals surface area contributed by atoms with Crippen molar-refractivity contribution in [1.82, 2.24) is 4.31 Å². The van der Waals surface area contributed by atoms with Crippen LogP contribution in [-0.2, 0) is 14.8 Å². The van der Waals surface area contributed by atoms with E-state index in [-0.39, 0.29) is 17.3 Å². The number of hydrogen-bond acceptors (Lipinski definition) is 5. The number of aryl methyl sites for hydroxylation is 1. The Balaban J connectivity index is 1.80. The smallest absolute Gasteiger partial charge is 0.246 e. The third-order valence-corrected chi connectivity index (χ3v) is 6.94. The number of piperidine rings is 1. The summed E-state index contributed by atoms with van der Waals surface area (Å²) in [5, 5.41) is 2.86.